The second kappa shape index (κ2) is 8.20. The fraction of sp³-hybridized carbons (Fsp3) is 0.250. The molecule has 36 heavy (non-hydrogen) atoms. The van der Waals surface area contributed by atoms with Crippen molar-refractivity contribution in [3.05, 3.63) is 89.5 Å². The average Bonchev–Trinajstić information content (AvgIpc) is 3.46. The van der Waals surface area contributed by atoms with Gasteiger partial charge in [-0.3, -0.25) is 24.6 Å². The van der Waals surface area contributed by atoms with Crippen LogP contribution in [0.2, 0.25) is 0 Å². The molecule has 3 amide bonds. The number of benzene rings is 3. The summed E-state index contributed by atoms with van der Waals surface area (Å²) in [5.41, 5.74) is 1.58. The minimum atomic E-state index is -1.34. The van der Waals surface area contributed by atoms with Crippen LogP contribution in [-0.2, 0) is 32.9 Å². The zero-order valence-corrected chi connectivity index (χ0v) is 19.6. The topological polar surface area (TPSA) is 108 Å². The number of carbonyl (C=O) groups is 3. The Hall–Kier alpha value is -4.17. The molecule has 182 valence electrons. The molecule has 4 atom stereocenters. The van der Waals surface area contributed by atoms with Crippen LogP contribution in [0.4, 0.5) is 5.69 Å². The SMILES string of the molecule is COc1ccccc1CN1C(=O)[C@H]2[C@H](Cc3ccc(O)cc3)N[C@]3(C(=O)Nc4ccccc43)[C@@H]2C1=O. The average molecular weight is 484 g/mol. The lowest BCUT2D eigenvalue weighted by molar-refractivity contribution is -0.143. The highest BCUT2D eigenvalue weighted by Crippen LogP contribution is 2.53. The highest BCUT2D eigenvalue weighted by molar-refractivity contribution is 6.15. The highest BCUT2D eigenvalue weighted by Gasteiger charge is 2.70. The second-order valence-electron chi connectivity index (χ2n) is 9.51. The number of ether oxygens (including phenoxy) is 1. The van der Waals surface area contributed by atoms with Crippen molar-refractivity contribution in [2.45, 2.75) is 24.5 Å². The van der Waals surface area contributed by atoms with E-state index in [1.165, 1.54) is 4.90 Å². The Morgan fingerprint density at radius 3 is 2.44 bits per heavy atom. The first-order valence-electron chi connectivity index (χ1n) is 11.9. The fourth-order valence-electron chi connectivity index (χ4n) is 6.04. The number of hydrogen-bond acceptors (Lipinski definition) is 6. The molecule has 0 aliphatic carbocycles. The number of phenolic OH excluding ortho intramolecular Hbond substituents is 1. The van der Waals surface area contributed by atoms with Crippen molar-refractivity contribution in [2.24, 2.45) is 11.8 Å². The molecule has 1 spiro atoms. The number of hydrogen-bond donors (Lipinski definition) is 3. The second-order valence-corrected chi connectivity index (χ2v) is 9.51. The lowest BCUT2D eigenvalue weighted by atomic mass is 9.76. The summed E-state index contributed by atoms with van der Waals surface area (Å²) < 4.78 is 5.44. The number of methoxy groups -OCH3 is 1. The number of para-hydroxylation sites is 2. The van der Waals surface area contributed by atoms with Crippen LogP contribution in [0, 0.1) is 11.8 Å². The predicted octanol–water partition coefficient (Wildman–Crippen LogP) is 2.56. The van der Waals surface area contributed by atoms with Gasteiger partial charge < -0.3 is 15.2 Å². The van der Waals surface area contributed by atoms with E-state index < -0.39 is 23.4 Å². The van der Waals surface area contributed by atoms with Crippen molar-refractivity contribution < 1.29 is 24.2 Å². The minimum Gasteiger partial charge on any atom is -0.508 e. The van der Waals surface area contributed by atoms with E-state index in [-0.39, 0.29) is 30.0 Å². The number of amides is 3. The van der Waals surface area contributed by atoms with E-state index in [4.69, 9.17) is 4.74 Å². The third-order valence-corrected chi connectivity index (χ3v) is 7.63. The van der Waals surface area contributed by atoms with Crippen LogP contribution in [0.15, 0.2) is 72.8 Å². The van der Waals surface area contributed by atoms with E-state index >= 15 is 0 Å². The van der Waals surface area contributed by atoms with Crippen molar-refractivity contribution in [3.8, 4) is 11.5 Å². The van der Waals surface area contributed by atoms with Crippen LogP contribution in [-0.4, -0.2) is 40.9 Å². The van der Waals surface area contributed by atoms with Crippen molar-refractivity contribution in [1.82, 2.24) is 10.2 Å². The van der Waals surface area contributed by atoms with Gasteiger partial charge in [0.15, 0.2) is 0 Å². The summed E-state index contributed by atoms with van der Waals surface area (Å²) in [6, 6.07) is 20.9. The lowest BCUT2D eigenvalue weighted by Gasteiger charge is -2.29. The zero-order chi connectivity index (χ0) is 25.0. The summed E-state index contributed by atoms with van der Waals surface area (Å²) in [7, 11) is 1.55. The molecule has 3 N–H and O–H groups in total. The van der Waals surface area contributed by atoms with E-state index in [0.29, 0.717) is 23.4 Å². The van der Waals surface area contributed by atoms with Crippen LogP contribution >= 0.6 is 0 Å². The number of fused-ring (bicyclic) bond motifs is 4. The molecular weight excluding hydrogens is 458 g/mol. The molecular formula is C28H25N3O5. The number of anilines is 1. The Labute approximate surface area is 207 Å². The number of nitrogens with one attached hydrogen (secondary N) is 2. The molecule has 2 saturated heterocycles. The van der Waals surface area contributed by atoms with E-state index in [0.717, 1.165) is 11.1 Å². The van der Waals surface area contributed by atoms with E-state index in [2.05, 4.69) is 10.6 Å². The molecule has 0 saturated carbocycles. The number of nitrogens with zero attached hydrogens (tertiary/aromatic N) is 1. The van der Waals surface area contributed by atoms with Crippen molar-refractivity contribution >= 4 is 23.4 Å². The maximum atomic E-state index is 14.0. The minimum absolute atomic E-state index is 0.0694. The molecule has 8 heteroatoms. The Morgan fingerprint density at radius 1 is 0.944 bits per heavy atom. The smallest absolute Gasteiger partial charge is 0.250 e. The standard InChI is InChI=1S/C28H25N3O5/c1-36-22-9-5-2-6-17(22)15-31-25(33)23-21(14-16-10-12-18(32)13-11-16)30-28(24(23)26(31)34)19-7-3-4-8-20(19)29-27(28)35/h2-13,21,23-24,30,32H,14-15H2,1H3,(H,29,35)/t21-,23-,24-,28-/m0/s1. The van der Waals surface area contributed by atoms with Crippen LogP contribution in [0.25, 0.3) is 0 Å². The third-order valence-electron chi connectivity index (χ3n) is 7.63. The van der Waals surface area contributed by atoms with Crippen LogP contribution in [0.5, 0.6) is 11.5 Å². The van der Waals surface area contributed by atoms with Gasteiger partial charge in [-0.25, -0.2) is 0 Å². The predicted molar refractivity (Wildman–Crippen MR) is 131 cm³/mol. The van der Waals surface area contributed by atoms with Crippen molar-refractivity contribution in [2.75, 3.05) is 12.4 Å². The van der Waals surface area contributed by atoms with Gasteiger partial charge >= 0.3 is 0 Å². The largest absolute Gasteiger partial charge is 0.508 e. The molecule has 3 aliphatic rings. The molecule has 3 aromatic carbocycles. The first-order valence-corrected chi connectivity index (χ1v) is 11.9. The molecule has 6 rings (SSSR count). The molecule has 8 nitrogen and oxygen atoms in total. The summed E-state index contributed by atoms with van der Waals surface area (Å²) >= 11 is 0. The van der Waals surface area contributed by atoms with E-state index in [9.17, 15) is 19.5 Å². The third kappa shape index (κ3) is 3.14. The zero-order valence-electron chi connectivity index (χ0n) is 19.6. The summed E-state index contributed by atoms with van der Waals surface area (Å²) in [5.74, 6) is -1.88. The summed E-state index contributed by atoms with van der Waals surface area (Å²) in [5, 5.41) is 16.0. The summed E-state index contributed by atoms with van der Waals surface area (Å²) in [4.78, 5) is 42.7. The van der Waals surface area contributed by atoms with Crippen LogP contribution in [0.3, 0.4) is 0 Å². The Bertz CT molecular complexity index is 1390. The van der Waals surface area contributed by atoms with Gasteiger partial charge in [-0.05, 0) is 36.2 Å². The van der Waals surface area contributed by atoms with Gasteiger partial charge in [0.05, 0.1) is 25.5 Å². The Balaban J connectivity index is 1.43. The molecule has 0 bridgehead atoms. The van der Waals surface area contributed by atoms with Crippen molar-refractivity contribution in [1.29, 1.82) is 0 Å². The Morgan fingerprint density at radius 2 is 1.67 bits per heavy atom. The van der Waals surface area contributed by atoms with Gasteiger partial charge in [-0.1, -0.05) is 48.5 Å². The molecule has 0 unspecified atom stereocenters. The van der Waals surface area contributed by atoms with Gasteiger partial charge in [0.1, 0.15) is 17.0 Å². The fourth-order valence-corrected chi connectivity index (χ4v) is 6.04. The summed E-state index contributed by atoms with van der Waals surface area (Å²) in [6.07, 6.45) is 0.417. The van der Waals surface area contributed by atoms with Crippen LogP contribution in [0.1, 0.15) is 16.7 Å². The van der Waals surface area contributed by atoms with Crippen molar-refractivity contribution in [3.63, 3.8) is 0 Å². The van der Waals surface area contributed by atoms with Gasteiger partial charge in [0.25, 0.3) is 0 Å². The first kappa shape index (κ1) is 22.3. The maximum Gasteiger partial charge on any atom is 0.250 e. The Kier molecular flexibility index (Phi) is 5.08. The number of aromatic hydroxyl groups is 1. The monoisotopic (exact) mass is 483 g/mol. The highest BCUT2D eigenvalue weighted by atomic mass is 16.5. The molecule has 0 radical (unpaired) electrons. The number of rotatable bonds is 5. The van der Waals surface area contributed by atoms with Gasteiger partial charge in [0.2, 0.25) is 17.7 Å². The number of imide groups is 1. The molecule has 2 fully saturated rings. The number of phenols is 1. The van der Waals surface area contributed by atoms with E-state index in [1.54, 1.807) is 43.5 Å². The molecule has 0 aromatic heterocycles. The molecule has 3 aromatic rings. The molecule has 3 aliphatic heterocycles. The normalized spacial score (nSPS) is 26.3. The number of carbonyl (C=O) groups excluding carboxylic acids is 3. The number of likely N-dealkylation sites (tertiary alicyclic amines) is 1. The lowest BCUT2D eigenvalue weighted by Crippen LogP contribution is -2.53. The quantitative estimate of drug-likeness (QED) is 0.482. The summed E-state index contributed by atoms with van der Waals surface area (Å²) in [6.45, 7) is 0.0694. The maximum absolute atomic E-state index is 14.0. The van der Waals surface area contributed by atoms with E-state index in [1.807, 2.05) is 36.4 Å². The molecule has 3 heterocycles. The van der Waals surface area contributed by atoms with Gasteiger partial charge in [-0.2, -0.15) is 0 Å². The van der Waals surface area contributed by atoms with Gasteiger partial charge in [0, 0.05) is 22.9 Å². The van der Waals surface area contributed by atoms with Gasteiger partial charge in [-0.15, -0.1) is 0 Å². The van der Waals surface area contributed by atoms with Crippen LogP contribution < -0.4 is 15.4 Å². The first-order chi connectivity index (χ1) is 17.4.